The summed E-state index contributed by atoms with van der Waals surface area (Å²) >= 11 is 10.5. The molecule has 0 radical (unpaired) electrons. The molecule has 174 valence electrons. The Labute approximate surface area is 209 Å². The third-order valence-corrected chi connectivity index (χ3v) is 6.46. The first-order valence-corrected chi connectivity index (χ1v) is 12.1. The van der Waals surface area contributed by atoms with Crippen molar-refractivity contribution in [2.24, 2.45) is 0 Å². The Balaban J connectivity index is 1.75. The van der Waals surface area contributed by atoms with E-state index >= 15 is 0 Å². The van der Waals surface area contributed by atoms with E-state index in [-0.39, 0.29) is 17.6 Å². The molecule has 33 heavy (non-hydrogen) atoms. The number of anilines is 1. The predicted octanol–water partition coefficient (Wildman–Crippen LogP) is 5.96. The molecule has 2 aromatic carbocycles. The summed E-state index contributed by atoms with van der Waals surface area (Å²) in [4.78, 5) is 38.6. The fourth-order valence-electron chi connectivity index (χ4n) is 2.89. The van der Waals surface area contributed by atoms with Crippen LogP contribution >= 0.6 is 39.3 Å². The Morgan fingerprint density at radius 1 is 1.27 bits per heavy atom. The Hall–Kier alpha value is -2.49. The topological polar surface area (TPSA) is 84.9 Å². The molecule has 1 N–H and O–H groups in total. The molecule has 1 atom stereocenters. The van der Waals surface area contributed by atoms with E-state index < -0.39 is 17.1 Å². The van der Waals surface area contributed by atoms with Gasteiger partial charge in [-0.05, 0) is 73.1 Å². The minimum Gasteiger partial charge on any atom is -0.493 e. The lowest BCUT2D eigenvalue weighted by Gasteiger charge is -2.17. The van der Waals surface area contributed by atoms with Gasteiger partial charge in [0, 0.05) is 10.2 Å². The van der Waals surface area contributed by atoms with Gasteiger partial charge in [0.2, 0.25) is 5.91 Å². The molecule has 0 bridgehead atoms. The number of rotatable bonds is 8. The van der Waals surface area contributed by atoms with Gasteiger partial charge in [0.1, 0.15) is 6.54 Å². The van der Waals surface area contributed by atoms with Crippen LogP contribution in [0, 0.1) is 0 Å². The highest BCUT2D eigenvalue weighted by molar-refractivity contribution is 9.10. The van der Waals surface area contributed by atoms with Crippen LogP contribution in [0.25, 0.3) is 6.08 Å². The fraction of sp³-hybridized carbons (Fsp3) is 0.261. The van der Waals surface area contributed by atoms with Crippen LogP contribution in [0.15, 0.2) is 45.8 Å². The molecule has 3 amide bonds. The Bertz CT molecular complexity index is 1110. The van der Waals surface area contributed by atoms with Crippen LogP contribution in [0.4, 0.5) is 10.5 Å². The summed E-state index contributed by atoms with van der Waals surface area (Å²) < 4.78 is 12.1. The summed E-state index contributed by atoms with van der Waals surface area (Å²) in [6.07, 6.45) is 2.28. The molecule has 7 nitrogen and oxygen atoms in total. The number of nitrogens with zero attached hydrogens (tertiary/aromatic N) is 1. The molecule has 0 unspecified atom stereocenters. The molecule has 1 aliphatic heterocycles. The van der Waals surface area contributed by atoms with Crippen molar-refractivity contribution in [3.63, 3.8) is 0 Å². The average Bonchev–Trinajstić information content (AvgIpc) is 3.04. The van der Waals surface area contributed by atoms with E-state index in [1.807, 2.05) is 13.8 Å². The van der Waals surface area contributed by atoms with Gasteiger partial charge in [-0.25, -0.2) is 0 Å². The van der Waals surface area contributed by atoms with E-state index in [0.717, 1.165) is 27.6 Å². The Kier molecular flexibility index (Phi) is 8.45. The number of amides is 3. The predicted molar refractivity (Wildman–Crippen MR) is 134 cm³/mol. The number of thioether (sulfide) groups is 1. The van der Waals surface area contributed by atoms with Crippen molar-refractivity contribution in [3.05, 3.63) is 56.4 Å². The van der Waals surface area contributed by atoms with Crippen LogP contribution < -0.4 is 14.8 Å². The second-order valence-electron chi connectivity index (χ2n) is 7.19. The molecule has 1 saturated heterocycles. The second kappa shape index (κ2) is 11.1. The maximum absolute atomic E-state index is 12.8. The summed E-state index contributed by atoms with van der Waals surface area (Å²) in [5, 5.41) is 2.47. The fourth-order valence-corrected chi connectivity index (χ4v) is 4.25. The van der Waals surface area contributed by atoms with Crippen LogP contribution in [-0.4, -0.2) is 41.7 Å². The van der Waals surface area contributed by atoms with E-state index in [9.17, 15) is 14.4 Å². The molecule has 1 heterocycles. The molecular formula is C23H22BrClN2O5S. The minimum absolute atomic E-state index is 0.0534. The molecule has 1 aliphatic rings. The maximum Gasteiger partial charge on any atom is 0.294 e. The monoisotopic (exact) mass is 552 g/mol. The van der Waals surface area contributed by atoms with Gasteiger partial charge >= 0.3 is 0 Å². The Morgan fingerprint density at radius 2 is 1.97 bits per heavy atom. The first-order valence-electron chi connectivity index (χ1n) is 10.1. The lowest BCUT2D eigenvalue weighted by molar-refractivity contribution is -0.127. The molecule has 3 rings (SSSR count). The number of hydrogen-bond donors (Lipinski definition) is 1. The quantitative estimate of drug-likeness (QED) is 0.406. The van der Waals surface area contributed by atoms with E-state index in [2.05, 4.69) is 21.2 Å². The third kappa shape index (κ3) is 6.31. The lowest BCUT2D eigenvalue weighted by Crippen LogP contribution is -2.36. The van der Waals surface area contributed by atoms with Crippen LogP contribution in [0.1, 0.15) is 25.8 Å². The first-order chi connectivity index (χ1) is 15.7. The zero-order chi connectivity index (χ0) is 24.1. The molecule has 2 aromatic rings. The van der Waals surface area contributed by atoms with Gasteiger partial charge in [-0.15, -0.1) is 0 Å². The molecule has 0 spiro atoms. The summed E-state index contributed by atoms with van der Waals surface area (Å²) in [6, 6.07) is 10.3. The van der Waals surface area contributed by atoms with Gasteiger partial charge in [0.25, 0.3) is 11.1 Å². The summed E-state index contributed by atoms with van der Waals surface area (Å²) in [5.41, 5.74) is 1.13. The third-order valence-electron chi connectivity index (χ3n) is 4.75. The lowest BCUT2D eigenvalue weighted by atomic mass is 10.1. The SMILES string of the molecule is CC[C@@H](C)Oc1c(Cl)cc(/C=C2\SC(=O)N(CC(=O)Nc3ccc(Br)cc3)C2=O)cc1OC. The summed E-state index contributed by atoms with van der Waals surface area (Å²) in [5.74, 6) is -0.186. The van der Waals surface area contributed by atoms with Crippen molar-refractivity contribution in [1.29, 1.82) is 0 Å². The van der Waals surface area contributed by atoms with Gasteiger partial charge < -0.3 is 14.8 Å². The van der Waals surface area contributed by atoms with Gasteiger partial charge in [-0.2, -0.15) is 0 Å². The molecule has 0 aliphatic carbocycles. The Morgan fingerprint density at radius 3 is 2.61 bits per heavy atom. The molecule has 0 saturated carbocycles. The van der Waals surface area contributed by atoms with Crippen molar-refractivity contribution >= 4 is 68.1 Å². The summed E-state index contributed by atoms with van der Waals surface area (Å²) in [6.45, 7) is 3.53. The number of imide groups is 1. The van der Waals surface area contributed by atoms with Gasteiger partial charge in [0.15, 0.2) is 11.5 Å². The molecular weight excluding hydrogens is 532 g/mol. The average molecular weight is 554 g/mol. The smallest absolute Gasteiger partial charge is 0.294 e. The maximum atomic E-state index is 12.8. The normalized spacial score (nSPS) is 15.7. The zero-order valence-corrected chi connectivity index (χ0v) is 21.3. The molecule has 0 aromatic heterocycles. The molecule has 1 fully saturated rings. The number of hydrogen-bond acceptors (Lipinski definition) is 6. The zero-order valence-electron chi connectivity index (χ0n) is 18.2. The van der Waals surface area contributed by atoms with Crippen molar-refractivity contribution in [2.75, 3.05) is 19.0 Å². The number of carbonyl (C=O) groups excluding carboxylic acids is 3. The number of ether oxygens (including phenoxy) is 2. The number of nitrogens with one attached hydrogen (secondary N) is 1. The first kappa shape index (κ1) is 25.1. The van der Waals surface area contributed by atoms with Gasteiger partial charge in [-0.3, -0.25) is 19.3 Å². The minimum atomic E-state index is -0.550. The van der Waals surface area contributed by atoms with Crippen molar-refractivity contribution in [3.8, 4) is 11.5 Å². The number of carbonyl (C=O) groups is 3. The van der Waals surface area contributed by atoms with Crippen LogP contribution in [0.3, 0.4) is 0 Å². The highest BCUT2D eigenvalue weighted by Crippen LogP contribution is 2.39. The van der Waals surface area contributed by atoms with E-state index in [4.69, 9.17) is 21.1 Å². The largest absolute Gasteiger partial charge is 0.493 e. The number of halogens is 2. The standard InChI is InChI=1S/C23H22BrClN2O5S/c1-4-13(2)32-21-17(25)9-14(10-18(21)31-3)11-19-22(29)27(23(30)33-19)12-20(28)26-16-7-5-15(24)6-8-16/h5-11,13H,4,12H2,1-3H3,(H,26,28)/b19-11-/t13-/m1/s1. The van der Waals surface area contributed by atoms with Crippen LogP contribution in [0.5, 0.6) is 11.5 Å². The number of benzene rings is 2. The van der Waals surface area contributed by atoms with Crippen molar-refractivity contribution < 1.29 is 23.9 Å². The van der Waals surface area contributed by atoms with Crippen molar-refractivity contribution in [2.45, 2.75) is 26.4 Å². The number of methoxy groups -OCH3 is 1. The van der Waals surface area contributed by atoms with E-state index in [0.29, 0.717) is 27.8 Å². The van der Waals surface area contributed by atoms with E-state index in [1.54, 1.807) is 42.5 Å². The highest BCUT2D eigenvalue weighted by atomic mass is 79.9. The highest BCUT2D eigenvalue weighted by Gasteiger charge is 2.36. The van der Waals surface area contributed by atoms with Crippen LogP contribution in [-0.2, 0) is 9.59 Å². The van der Waals surface area contributed by atoms with Gasteiger partial charge in [0.05, 0.1) is 23.1 Å². The van der Waals surface area contributed by atoms with Crippen molar-refractivity contribution in [1.82, 2.24) is 4.90 Å². The summed E-state index contributed by atoms with van der Waals surface area (Å²) in [7, 11) is 1.50. The van der Waals surface area contributed by atoms with E-state index in [1.165, 1.54) is 7.11 Å². The molecule has 10 heteroatoms. The van der Waals surface area contributed by atoms with Crippen LogP contribution in [0.2, 0.25) is 5.02 Å². The second-order valence-corrected chi connectivity index (χ2v) is 9.51. The van der Waals surface area contributed by atoms with Gasteiger partial charge in [-0.1, -0.05) is 34.5 Å².